The zero-order valence-electron chi connectivity index (χ0n) is 17.8. The number of H-pyrrole nitrogens is 1. The number of hydrogen-bond donors (Lipinski definition) is 4. The molecule has 1 aliphatic heterocycles. The molecule has 33 heavy (non-hydrogen) atoms. The van der Waals surface area contributed by atoms with E-state index < -0.39 is 23.9 Å². The van der Waals surface area contributed by atoms with E-state index in [0.29, 0.717) is 48.9 Å². The molecule has 1 aromatic carbocycles. The monoisotopic (exact) mass is 452 g/mol. The molecule has 4 rings (SSSR count). The second kappa shape index (κ2) is 9.65. The summed E-state index contributed by atoms with van der Waals surface area (Å²) >= 11 is 0. The highest BCUT2D eigenvalue weighted by molar-refractivity contribution is 5.96. The number of nitrogens with one attached hydrogen (secondary N) is 2. The number of fused-ring (bicyclic) bond motifs is 1. The number of nitrogens with zero attached hydrogens (tertiary/aromatic N) is 4. The quantitative estimate of drug-likeness (QED) is 0.400. The number of hydrogen-bond acceptors (Lipinski definition) is 7. The van der Waals surface area contributed by atoms with Gasteiger partial charge in [0, 0.05) is 73.3 Å². The number of aliphatic carboxylic acids is 2. The van der Waals surface area contributed by atoms with Gasteiger partial charge in [-0.1, -0.05) is 6.07 Å². The topological polar surface area (TPSA) is 152 Å². The maximum absolute atomic E-state index is 12.2. The Morgan fingerprint density at radius 1 is 1.06 bits per heavy atom. The number of benzene rings is 1. The van der Waals surface area contributed by atoms with E-state index in [1.807, 2.05) is 9.80 Å². The molecule has 1 fully saturated rings. The number of piperazine rings is 1. The van der Waals surface area contributed by atoms with Crippen LogP contribution in [0, 0.1) is 0 Å². The molecule has 0 saturated carbocycles. The Morgan fingerprint density at radius 2 is 1.79 bits per heavy atom. The minimum atomic E-state index is -1.04. The smallest absolute Gasteiger partial charge is 0.325 e. The number of carbonyl (C=O) groups is 3. The maximum atomic E-state index is 12.2. The van der Waals surface area contributed by atoms with Gasteiger partial charge in [-0.3, -0.25) is 19.3 Å². The number of anilines is 2. The lowest BCUT2D eigenvalue weighted by atomic mass is 10.0. The standard InChI is InChI=1S/C22H24N6O5/c29-18(4-5-19(30)31)26-14-2-3-15-16(13-25-17(15)12-14)20(21(32)33)27-8-10-28(11-9-27)22-23-6-1-7-24-22/h1-3,6-7,12-13,20,25H,4-5,8-11H2,(H,26,29)(H,30,31)(H,32,33). The van der Waals surface area contributed by atoms with Crippen LogP contribution in [0.5, 0.6) is 0 Å². The molecule has 1 aliphatic rings. The molecular weight excluding hydrogens is 428 g/mol. The molecule has 1 unspecified atom stereocenters. The fraction of sp³-hybridized carbons (Fsp3) is 0.318. The third kappa shape index (κ3) is 5.09. The molecule has 11 nitrogen and oxygen atoms in total. The molecular formula is C22H24N6O5. The van der Waals surface area contributed by atoms with Crippen LogP contribution in [0.1, 0.15) is 24.4 Å². The molecule has 0 spiro atoms. The van der Waals surface area contributed by atoms with Crippen molar-refractivity contribution in [1.29, 1.82) is 0 Å². The largest absolute Gasteiger partial charge is 0.481 e. The zero-order chi connectivity index (χ0) is 23.4. The van der Waals surface area contributed by atoms with Crippen molar-refractivity contribution in [3.8, 4) is 0 Å². The predicted octanol–water partition coefficient (Wildman–Crippen LogP) is 1.71. The van der Waals surface area contributed by atoms with Crippen LogP contribution in [0.2, 0.25) is 0 Å². The van der Waals surface area contributed by atoms with E-state index >= 15 is 0 Å². The third-order valence-corrected chi connectivity index (χ3v) is 5.61. The third-order valence-electron chi connectivity index (χ3n) is 5.61. The number of carbonyl (C=O) groups excluding carboxylic acids is 1. The minimum Gasteiger partial charge on any atom is -0.481 e. The van der Waals surface area contributed by atoms with Crippen molar-refractivity contribution in [2.24, 2.45) is 0 Å². The Morgan fingerprint density at radius 3 is 2.45 bits per heavy atom. The van der Waals surface area contributed by atoms with Crippen LogP contribution in [0.3, 0.4) is 0 Å². The Bertz CT molecular complexity index is 1160. The van der Waals surface area contributed by atoms with E-state index in [9.17, 15) is 19.5 Å². The van der Waals surface area contributed by atoms with Gasteiger partial charge in [0.25, 0.3) is 0 Å². The fourth-order valence-electron chi connectivity index (χ4n) is 4.02. The summed E-state index contributed by atoms with van der Waals surface area (Å²) in [5.41, 5.74) is 1.84. The predicted molar refractivity (Wildman–Crippen MR) is 120 cm³/mol. The zero-order valence-corrected chi connectivity index (χ0v) is 17.8. The first-order chi connectivity index (χ1) is 15.9. The van der Waals surface area contributed by atoms with Gasteiger partial charge in [0.1, 0.15) is 6.04 Å². The molecule has 0 radical (unpaired) electrons. The van der Waals surface area contributed by atoms with E-state index in [1.165, 1.54) is 0 Å². The first-order valence-corrected chi connectivity index (χ1v) is 10.5. The molecule has 4 N–H and O–H groups in total. The molecule has 0 aliphatic carbocycles. The molecule has 1 saturated heterocycles. The summed E-state index contributed by atoms with van der Waals surface area (Å²) in [7, 11) is 0. The van der Waals surface area contributed by atoms with Crippen LogP contribution in [-0.2, 0) is 14.4 Å². The first-order valence-electron chi connectivity index (χ1n) is 10.5. The summed E-state index contributed by atoms with van der Waals surface area (Å²) in [5.74, 6) is -1.74. The average molecular weight is 452 g/mol. The molecule has 3 aromatic rings. The van der Waals surface area contributed by atoms with Crippen LogP contribution < -0.4 is 10.2 Å². The van der Waals surface area contributed by atoms with Gasteiger partial charge in [-0.15, -0.1) is 0 Å². The summed E-state index contributed by atoms with van der Waals surface area (Å²) in [5, 5.41) is 22.1. The van der Waals surface area contributed by atoms with Crippen molar-refractivity contribution in [2.45, 2.75) is 18.9 Å². The van der Waals surface area contributed by atoms with Gasteiger partial charge in [-0.05, 0) is 18.2 Å². The van der Waals surface area contributed by atoms with Crippen molar-refractivity contribution in [3.05, 3.63) is 48.4 Å². The molecule has 172 valence electrons. The second-order valence-corrected chi connectivity index (χ2v) is 7.76. The van der Waals surface area contributed by atoms with Gasteiger partial charge < -0.3 is 25.4 Å². The number of amides is 1. The van der Waals surface area contributed by atoms with Gasteiger partial charge in [0.05, 0.1) is 6.42 Å². The van der Waals surface area contributed by atoms with Crippen LogP contribution in [-0.4, -0.2) is 74.1 Å². The summed E-state index contributed by atoms with van der Waals surface area (Å²) < 4.78 is 0. The highest BCUT2D eigenvalue weighted by Crippen LogP contribution is 2.31. The van der Waals surface area contributed by atoms with Crippen molar-refractivity contribution in [1.82, 2.24) is 19.9 Å². The second-order valence-electron chi connectivity index (χ2n) is 7.76. The van der Waals surface area contributed by atoms with E-state index in [0.717, 1.165) is 5.39 Å². The van der Waals surface area contributed by atoms with Crippen LogP contribution in [0.25, 0.3) is 10.9 Å². The Labute approximate surface area is 189 Å². The Kier molecular flexibility index (Phi) is 6.50. The van der Waals surface area contributed by atoms with Crippen LogP contribution in [0.15, 0.2) is 42.9 Å². The average Bonchev–Trinajstić information content (AvgIpc) is 3.21. The molecule has 3 heterocycles. The number of rotatable bonds is 8. The van der Waals surface area contributed by atoms with Gasteiger partial charge >= 0.3 is 11.9 Å². The van der Waals surface area contributed by atoms with Crippen LogP contribution in [0.4, 0.5) is 11.6 Å². The molecule has 1 atom stereocenters. The highest BCUT2D eigenvalue weighted by atomic mass is 16.4. The summed E-state index contributed by atoms with van der Waals surface area (Å²) in [6, 6.07) is 6.08. The van der Waals surface area contributed by atoms with E-state index in [-0.39, 0.29) is 12.8 Å². The van der Waals surface area contributed by atoms with Gasteiger partial charge in [-0.25, -0.2) is 9.97 Å². The number of carboxylic acid groups (broad SMARTS) is 2. The summed E-state index contributed by atoms with van der Waals surface area (Å²) in [6.45, 7) is 2.31. The van der Waals surface area contributed by atoms with E-state index in [1.54, 1.807) is 42.9 Å². The SMILES string of the molecule is O=C(O)CCC(=O)Nc1ccc2c(C(C(=O)O)N3CCN(c4ncccn4)CC3)c[nH]c2c1. The summed E-state index contributed by atoms with van der Waals surface area (Å²) in [6.07, 6.45) is 4.69. The maximum Gasteiger partial charge on any atom is 0.325 e. The number of aromatic nitrogens is 3. The number of aromatic amines is 1. The lowest BCUT2D eigenvalue weighted by Crippen LogP contribution is -2.49. The van der Waals surface area contributed by atoms with Crippen molar-refractivity contribution in [2.75, 3.05) is 36.4 Å². The molecule has 1 amide bonds. The first kappa shape index (κ1) is 22.2. The van der Waals surface area contributed by atoms with E-state index in [4.69, 9.17) is 5.11 Å². The number of carboxylic acids is 2. The molecule has 2 aromatic heterocycles. The van der Waals surface area contributed by atoms with Crippen molar-refractivity contribution in [3.63, 3.8) is 0 Å². The molecule has 0 bridgehead atoms. The lowest BCUT2D eigenvalue weighted by molar-refractivity contribution is -0.143. The van der Waals surface area contributed by atoms with Gasteiger partial charge in [0.15, 0.2) is 0 Å². The fourth-order valence-corrected chi connectivity index (χ4v) is 4.02. The van der Waals surface area contributed by atoms with Crippen molar-refractivity contribution >= 4 is 40.4 Å². The van der Waals surface area contributed by atoms with Crippen LogP contribution >= 0.6 is 0 Å². The van der Waals surface area contributed by atoms with E-state index in [2.05, 4.69) is 20.3 Å². The summed E-state index contributed by atoms with van der Waals surface area (Å²) in [4.78, 5) is 50.3. The normalized spacial score (nSPS) is 15.3. The lowest BCUT2D eigenvalue weighted by Gasteiger charge is -2.37. The van der Waals surface area contributed by atoms with Crippen molar-refractivity contribution < 1.29 is 24.6 Å². The van der Waals surface area contributed by atoms with Gasteiger partial charge in [0.2, 0.25) is 11.9 Å². The Balaban J connectivity index is 1.48. The molecule has 11 heteroatoms. The Hall–Kier alpha value is -3.99. The minimum absolute atomic E-state index is 0.121. The highest BCUT2D eigenvalue weighted by Gasteiger charge is 2.32. The van der Waals surface area contributed by atoms with Gasteiger partial charge in [-0.2, -0.15) is 0 Å².